The molecular formula is C23H21ClN2O5S. The van der Waals surface area contributed by atoms with Crippen LogP contribution in [0.4, 0.5) is 0 Å². The van der Waals surface area contributed by atoms with E-state index in [9.17, 15) is 13.2 Å². The van der Waals surface area contributed by atoms with E-state index < -0.39 is 16.0 Å². The molecule has 0 heterocycles. The number of amides is 1. The zero-order chi connectivity index (χ0) is 23.1. The van der Waals surface area contributed by atoms with Gasteiger partial charge in [0.2, 0.25) is 5.91 Å². The maximum atomic E-state index is 12.6. The SMILES string of the molecule is COc1cccc(CC(=O)N/N=C(/Cl)c2ccccc2OS(=O)(=O)c2ccc(C)cc2)c1. The van der Waals surface area contributed by atoms with E-state index in [0.29, 0.717) is 5.75 Å². The Bertz CT molecular complexity index is 1240. The van der Waals surface area contributed by atoms with Crippen molar-refractivity contribution in [3.8, 4) is 11.5 Å². The van der Waals surface area contributed by atoms with E-state index in [1.165, 1.54) is 18.2 Å². The van der Waals surface area contributed by atoms with Crippen molar-refractivity contribution < 1.29 is 22.1 Å². The predicted octanol–water partition coefficient (Wildman–Crippen LogP) is 4.03. The molecule has 0 spiro atoms. The minimum atomic E-state index is -4.08. The van der Waals surface area contributed by atoms with Gasteiger partial charge in [-0.1, -0.05) is 53.6 Å². The molecule has 0 aliphatic heterocycles. The fourth-order valence-electron chi connectivity index (χ4n) is 2.76. The van der Waals surface area contributed by atoms with Gasteiger partial charge in [0.15, 0.2) is 10.9 Å². The fraction of sp³-hybridized carbons (Fsp3) is 0.130. The third-order valence-electron chi connectivity index (χ3n) is 4.40. The first-order valence-electron chi connectivity index (χ1n) is 9.54. The van der Waals surface area contributed by atoms with Gasteiger partial charge in [0.25, 0.3) is 0 Å². The van der Waals surface area contributed by atoms with Gasteiger partial charge in [0.05, 0.1) is 19.1 Å². The molecule has 3 aromatic carbocycles. The number of nitrogens with one attached hydrogen (secondary N) is 1. The molecule has 7 nitrogen and oxygen atoms in total. The first-order chi connectivity index (χ1) is 15.3. The number of carbonyl (C=O) groups is 1. The van der Waals surface area contributed by atoms with Crippen LogP contribution in [0, 0.1) is 6.92 Å². The van der Waals surface area contributed by atoms with Crippen LogP contribution in [-0.4, -0.2) is 26.6 Å². The molecule has 32 heavy (non-hydrogen) atoms. The molecule has 166 valence electrons. The van der Waals surface area contributed by atoms with Crippen LogP contribution in [0.3, 0.4) is 0 Å². The summed E-state index contributed by atoms with van der Waals surface area (Å²) in [5, 5.41) is 3.76. The third kappa shape index (κ3) is 6.09. The normalized spacial score (nSPS) is 11.7. The van der Waals surface area contributed by atoms with Gasteiger partial charge in [0.1, 0.15) is 10.6 Å². The first-order valence-corrected chi connectivity index (χ1v) is 11.3. The van der Waals surface area contributed by atoms with Crippen molar-refractivity contribution in [2.24, 2.45) is 5.10 Å². The maximum Gasteiger partial charge on any atom is 0.339 e. The molecular weight excluding hydrogens is 452 g/mol. The van der Waals surface area contributed by atoms with Crippen molar-refractivity contribution >= 4 is 32.8 Å². The summed E-state index contributed by atoms with van der Waals surface area (Å²) in [5.74, 6) is 0.226. The van der Waals surface area contributed by atoms with Crippen LogP contribution in [0.2, 0.25) is 0 Å². The molecule has 3 rings (SSSR count). The second kappa shape index (κ2) is 10.3. The first kappa shape index (κ1) is 23.3. The van der Waals surface area contributed by atoms with Gasteiger partial charge < -0.3 is 8.92 Å². The van der Waals surface area contributed by atoms with Gasteiger partial charge in [-0.05, 0) is 48.9 Å². The van der Waals surface area contributed by atoms with Crippen LogP contribution in [0.5, 0.6) is 11.5 Å². The fourth-order valence-corrected chi connectivity index (χ4v) is 3.91. The molecule has 0 fully saturated rings. The monoisotopic (exact) mass is 472 g/mol. The van der Waals surface area contributed by atoms with Gasteiger partial charge in [-0.25, -0.2) is 5.43 Å². The number of ether oxygens (including phenoxy) is 1. The van der Waals surface area contributed by atoms with Crippen LogP contribution in [-0.2, 0) is 21.3 Å². The maximum absolute atomic E-state index is 12.6. The summed E-state index contributed by atoms with van der Waals surface area (Å²) in [5.41, 5.74) is 4.24. The molecule has 0 saturated carbocycles. The van der Waals surface area contributed by atoms with Crippen molar-refractivity contribution in [2.45, 2.75) is 18.2 Å². The Morgan fingerprint density at radius 3 is 2.47 bits per heavy atom. The molecule has 0 bridgehead atoms. The summed E-state index contributed by atoms with van der Waals surface area (Å²) in [6.45, 7) is 1.85. The Balaban J connectivity index is 1.74. The largest absolute Gasteiger partial charge is 0.497 e. The molecule has 3 aromatic rings. The Morgan fingerprint density at radius 1 is 1.03 bits per heavy atom. The lowest BCUT2D eigenvalue weighted by atomic mass is 10.1. The van der Waals surface area contributed by atoms with E-state index in [4.69, 9.17) is 20.5 Å². The minimum absolute atomic E-state index is 0.0103. The summed E-state index contributed by atoms with van der Waals surface area (Å²) < 4.78 is 35.7. The van der Waals surface area contributed by atoms with Crippen molar-refractivity contribution in [3.63, 3.8) is 0 Å². The summed E-state index contributed by atoms with van der Waals surface area (Å²) in [6, 6.07) is 19.6. The second-order valence-corrected chi connectivity index (χ2v) is 8.72. The molecule has 0 saturated heterocycles. The second-order valence-electron chi connectivity index (χ2n) is 6.81. The highest BCUT2D eigenvalue weighted by atomic mass is 35.5. The molecule has 0 aromatic heterocycles. The average Bonchev–Trinajstić information content (AvgIpc) is 2.78. The number of benzene rings is 3. The van der Waals surface area contributed by atoms with E-state index in [-0.39, 0.29) is 27.8 Å². The Labute approximate surface area is 191 Å². The lowest BCUT2D eigenvalue weighted by molar-refractivity contribution is -0.120. The van der Waals surface area contributed by atoms with Gasteiger partial charge in [0, 0.05) is 0 Å². The van der Waals surface area contributed by atoms with E-state index in [1.54, 1.807) is 61.7 Å². The van der Waals surface area contributed by atoms with Gasteiger partial charge >= 0.3 is 10.1 Å². The number of halogens is 1. The molecule has 0 atom stereocenters. The van der Waals surface area contributed by atoms with Crippen LogP contribution >= 0.6 is 11.6 Å². The van der Waals surface area contributed by atoms with Gasteiger partial charge in [-0.3, -0.25) is 4.79 Å². The van der Waals surface area contributed by atoms with Crippen LogP contribution < -0.4 is 14.3 Å². The standard InChI is InChI=1S/C23H21ClN2O5S/c1-16-10-12-19(13-11-16)32(28,29)31-21-9-4-3-8-20(21)23(24)26-25-22(27)15-17-6-5-7-18(14-17)30-2/h3-14H,15H2,1-2H3,(H,25,27)/b26-23+. The minimum Gasteiger partial charge on any atom is -0.497 e. The van der Waals surface area contributed by atoms with E-state index in [2.05, 4.69) is 10.5 Å². The number of hydrazone groups is 1. The molecule has 0 radical (unpaired) electrons. The van der Waals surface area contributed by atoms with Crippen molar-refractivity contribution in [2.75, 3.05) is 7.11 Å². The number of hydrogen-bond donors (Lipinski definition) is 1. The summed E-state index contributed by atoms with van der Waals surface area (Å²) in [4.78, 5) is 12.2. The number of nitrogens with zero attached hydrogens (tertiary/aromatic N) is 1. The zero-order valence-corrected chi connectivity index (χ0v) is 19.0. The van der Waals surface area contributed by atoms with Crippen LogP contribution in [0.15, 0.2) is 82.8 Å². The quantitative estimate of drug-likeness (QED) is 0.303. The summed E-state index contributed by atoms with van der Waals surface area (Å²) in [7, 11) is -2.53. The molecule has 9 heteroatoms. The Morgan fingerprint density at radius 2 is 1.75 bits per heavy atom. The number of para-hydroxylation sites is 1. The summed E-state index contributed by atoms with van der Waals surface area (Å²) >= 11 is 6.24. The number of rotatable bonds is 8. The molecule has 1 amide bonds. The van der Waals surface area contributed by atoms with Gasteiger partial charge in [-0.2, -0.15) is 13.5 Å². The van der Waals surface area contributed by atoms with E-state index in [0.717, 1.165) is 11.1 Å². The number of carbonyl (C=O) groups excluding carboxylic acids is 1. The van der Waals surface area contributed by atoms with Crippen molar-refractivity contribution in [1.82, 2.24) is 5.43 Å². The Kier molecular flexibility index (Phi) is 7.50. The topological polar surface area (TPSA) is 94.1 Å². The number of methoxy groups -OCH3 is 1. The third-order valence-corrected chi connectivity index (χ3v) is 5.93. The van der Waals surface area contributed by atoms with E-state index in [1.807, 2.05) is 6.92 Å². The van der Waals surface area contributed by atoms with Crippen molar-refractivity contribution in [3.05, 3.63) is 89.5 Å². The van der Waals surface area contributed by atoms with Crippen LogP contribution in [0.1, 0.15) is 16.7 Å². The molecule has 0 aliphatic rings. The lowest BCUT2D eigenvalue weighted by Crippen LogP contribution is -2.21. The smallest absolute Gasteiger partial charge is 0.339 e. The highest BCUT2D eigenvalue weighted by Gasteiger charge is 2.20. The van der Waals surface area contributed by atoms with E-state index >= 15 is 0 Å². The van der Waals surface area contributed by atoms with Crippen LogP contribution in [0.25, 0.3) is 0 Å². The molecule has 0 aliphatic carbocycles. The molecule has 0 unspecified atom stereocenters. The zero-order valence-electron chi connectivity index (χ0n) is 17.4. The summed E-state index contributed by atoms with van der Waals surface area (Å²) in [6.07, 6.45) is 0.0603. The lowest BCUT2D eigenvalue weighted by Gasteiger charge is -2.11. The molecule has 1 N–H and O–H groups in total. The Hall–Kier alpha value is -3.36. The van der Waals surface area contributed by atoms with Gasteiger partial charge in [-0.15, -0.1) is 0 Å². The number of aryl methyl sites for hydroxylation is 1. The average molecular weight is 473 g/mol. The highest BCUT2D eigenvalue weighted by molar-refractivity contribution is 7.87. The highest BCUT2D eigenvalue weighted by Crippen LogP contribution is 2.25. The predicted molar refractivity (Wildman–Crippen MR) is 123 cm³/mol. The van der Waals surface area contributed by atoms with Crippen molar-refractivity contribution in [1.29, 1.82) is 0 Å². The number of hydrogen-bond acceptors (Lipinski definition) is 6.